The third-order valence-electron chi connectivity index (χ3n) is 0.408. The average Bonchev–Trinajstić information content (AvgIpc) is 1.71. The molecule has 0 bridgehead atoms. The van der Waals surface area contributed by atoms with Gasteiger partial charge in [0.15, 0.2) is 0 Å². The smallest absolute Gasteiger partial charge is 1.00 e. The van der Waals surface area contributed by atoms with E-state index in [1.54, 1.807) is 0 Å². The Morgan fingerprint density at radius 2 is 1.30 bits per heavy atom. The van der Waals surface area contributed by atoms with E-state index < -0.39 is 0 Å². The standard InChI is InChI=1S/C4H10O.C3H7.ClH.Mg/c1-3-5-4-2;1-3-2;;/h3-4H2,1-2H3;1,3H2,2H3;1H;/q;-1;;+2/p-1. The number of halogens is 1. The Morgan fingerprint density at radius 3 is 1.30 bits per heavy atom. The molecule has 0 heterocycles. The Hall–Kier alpha value is 1.02. The summed E-state index contributed by atoms with van der Waals surface area (Å²) >= 11 is 0. The van der Waals surface area contributed by atoms with E-state index in [1.165, 1.54) is 0 Å². The van der Waals surface area contributed by atoms with Crippen LogP contribution in [0.2, 0.25) is 0 Å². The summed E-state index contributed by atoms with van der Waals surface area (Å²) in [7, 11) is 0. The van der Waals surface area contributed by atoms with Crippen molar-refractivity contribution in [2.75, 3.05) is 13.2 Å². The topological polar surface area (TPSA) is 9.23 Å². The molecule has 1 nitrogen and oxygen atoms in total. The Kier molecular flexibility index (Phi) is 72.6. The molecule has 3 heteroatoms. The molecule has 0 radical (unpaired) electrons. The molecule has 0 spiro atoms. The zero-order chi connectivity index (χ0) is 6.83. The van der Waals surface area contributed by atoms with E-state index in [9.17, 15) is 0 Å². The minimum atomic E-state index is 0. The molecule has 0 fully saturated rings. The van der Waals surface area contributed by atoms with Crippen molar-refractivity contribution in [3.8, 4) is 0 Å². The molecule has 0 N–H and O–H groups in total. The first kappa shape index (κ1) is 22.5. The van der Waals surface area contributed by atoms with Gasteiger partial charge in [0.25, 0.3) is 0 Å². The fourth-order valence-corrected chi connectivity index (χ4v) is 0.204. The Balaban J connectivity index is -0.0000000326. The predicted molar refractivity (Wildman–Crippen MR) is 43.6 cm³/mol. The van der Waals surface area contributed by atoms with Crippen LogP contribution in [-0.4, -0.2) is 36.3 Å². The molecule has 0 aliphatic carbocycles. The maximum absolute atomic E-state index is 4.83. The monoisotopic (exact) mass is 176 g/mol. The third kappa shape index (κ3) is 63.7. The summed E-state index contributed by atoms with van der Waals surface area (Å²) in [6.45, 7) is 11.2. The van der Waals surface area contributed by atoms with Crippen LogP contribution in [0.3, 0.4) is 0 Å². The molecule has 0 rings (SSSR count). The normalized spacial score (nSPS) is 6.00. The maximum atomic E-state index is 4.83. The summed E-state index contributed by atoms with van der Waals surface area (Å²) in [6, 6.07) is 0. The van der Waals surface area contributed by atoms with Gasteiger partial charge in [-0.1, -0.05) is 6.92 Å². The van der Waals surface area contributed by atoms with E-state index in [0.717, 1.165) is 19.6 Å². The van der Waals surface area contributed by atoms with Gasteiger partial charge < -0.3 is 24.1 Å². The van der Waals surface area contributed by atoms with E-state index in [0.29, 0.717) is 0 Å². The van der Waals surface area contributed by atoms with Gasteiger partial charge in [0, 0.05) is 13.2 Å². The quantitative estimate of drug-likeness (QED) is 0.384. The van der Waals surface area contributed by atoms with E-state index in [4.69, 9.17) is 4.74 Å². The Bertz CT molecular complexity index is 27.6. The molecule has 0 saturated heterocycles. The fraction of sp³-hybridized carbons (Fsp3) is 0.857. The summed E-state index contributed by atoms with van der Waals surface area (Å²) in [5.74, 6) is 0. The second kappa shape index (κ2) is 32.4. The van der Waals surface area contributed by atoms with Gasteiger partial charge in [-0.15, -0.1) is 0 Å². The minimum Gasteiger partial charge on any atom is -1.00 e. The molecule has 0 aliphatic rings. The molecule has 0 aromatic carbocycles. The molecule has 0 unspecified atom stereocenters. The van der Waals surface area contributed by atoms with Crippen molar-refractivity contribution >= 4 is 23.1 Å². The first-order valence-electron chi connectivity index (χ1n) is 3.20. The summed E-state index contributed by atoms with van der Waals surface area (Å²) in [4.78, 5) is 0. The van der Waals surface area contributed by atoms with Gasteiger partial charge in [0.2, 0.25) is 0 Å². The first-order valence-corrected chi connectivity index (χ1v) is 3.20. The molecule has 0 aromatic heterocycles. The summed E-state index contributed by atoms with van der Waals surface area (Å²) < 4.78 is 4.83. The van der Waals surface area contributed by atoms with Gasteiger partial charge in [-0.25, -0.2) is 0 Å². The molecule has 0 amide bonds. The van der Waals surface area contributed by atoms with E-state index in [1.807, 2.05) is 20.8 Å². The molecule has 0 aliphatic heterocycles. The van der Waals surface area contributed by atoms with Crippen molar-refractivity contribution in [2.24, 2.45) is 0 Å². The van der Waals surface area contributed by atoms with Crippen molar-refractivity contribution in [3.63, 3.8) is 0 Å². The van der Waals surface area contributed by atoms with Crippen molar-refractivity contribution in [1.82, 2.24) is 0 Å². The summed E-state index contributed by atoms with van der Waals surface area (Å²) in [5, 5.41) is 0. The van der Waals surface area contributed by atoms with Crippen molar-refractivity contribution in [1.29, 1.82) is 0 Å². The molecule has 0 aromatic rings. The molecule has 0 saturated carbocycles. The first-order chi connectivity index (χ1) is 3.83. The van der Waals surface area contributed by atoms with Crippen LogP contribution >= 0.6 is 0 Å². The van der Waals surface area contributed by atoms with Crippen LogP contribution in [-0.2, 0) is 4.74 Å². The average molecular weight is 177 g/mol. The number of rotatable bonds is 2. The van der Waals surface area contributed by atoms with Crippen LogP contribution in [0.5, 0.6) is 0 Å². The second-order valence-corrected chi connectivity index (χ2v) is 1.28. The van der Waals surface area contributed by atoms with Crippen LogP contribution < -0.4 is 12.4 Å². The maximum Gasteiger partial charge on any atom is 2.00 e. The minimum absolute atomic E-state index is 0. The van der Waals surface area contributed by atoms with Crippen LogP contribution in [0.15, 0.2) is 0 Å². The third-order valence-corrected chi connectivity index (χ3v) is 0.408. The van der Waals surface area contributed by atoms with Gasteiger partial charge in [-0.2, -0.15) is 6.42 Å². The Labute approximate surface area is 87.5 Å². The van der Waals surface area contributed by atoms with Crippen molar-refractivity contribution in [3.05, 3.63) is 6.92 Å². The Morgan fingerprint density at radius 1 is 1.10 bits per heavy atom. The van der Waals surface area contributed by atoms with Crippen LogP contribution in [0.4, 0.5) is 0 Å². The zero-order valence-electron chi connectivity index (χ0n) is 7.32. The molecule has 60 valence electrons. The molecular formula is C7H17ClMgO. The zero-order valence-corrected chi connectivity index (χ0v) is 9.49. The van der Waals surface area contributed by atoms with Crippen molar-refractivity contribution in [2.45, 2.75) is 27.2 Å². The van der Waals surface area contributed by atoms with E-state index >= 15 is 0 Å². The summed E-state index contributed by atoms with van der Waals surface area (Å²) in [5.41, 5.74) is 0. The van der Waals surface area contributed by atoms with Gasteiger partial charge in [-0.3, -0.25) is 0 Å². The molecule has 10 heavy (non-hydrogen) atoms. The predicted octanol–water partition coefficient (Wildman–Crippen LogP) is -1.10. The van der Waals surface area contributed by atoms with Crippen LogP contribution in [0.1, 0.15) is 27.2 Å². The van der Waals surface area contributed by atoms with Gasteiger partial charge in [0.05, 0.1) is 0 Å². The second-order valence-electron chi connectivity index (χ2n) is 1.28. The van der Waals surface area contributed by atoms with E-state index in [2.05, 4.69) is 6.92 Å². The molecular weight excluding hydrogens is 160 g/mol. The van der Waals surface area contributed by atoms with Gasteiger partial charge in [-0.05, 0) is 13.8 Å². The van der Waals surface area contributed by atoms with Crippen molar-refractivity contribution < 1.29 is 17.1 Å². The number of ether oxygens (including phenoxy) is 1. The van der Waals surface area contributed by atoms with Crippen LogP contribution in [0.25, 0.3) is 0 Å². The molecule has 0 atom stereocenters. The van der Waals surface area contributed by atoms with Gasteiger partial charge >= 0.3 is 23.1 Å². The van der Waals surface area contributed by atoms with E-state index in [-0.39, 0.29) is 35.5 Å². The largest absolute Gasteiger partial charge is 2.00 e. The number of hydrogen-bond acceptors (Lipinski definition) is 1. The van der Waals surface area contributed by atoms with Crippen LogP contribution in [0, 0.1) is 6.92 Å². The fourth-order valence-electron chi connectivity index (χ4n) is 0.204. The SMILES string of the molecule is CCOCC.[CH2-]CC.[Cl-].[Mg+2]. The van der Waals surface area contributed by atoms with Gasteiger partial charge in [0.1, 0.15) is 0 Å². The number of hydrogen-bond donors (Lipinski definition) is 0. The summed E-state index contributed by atoms with van der Waals surface area (Å²) in [6.07, 6.45) is 1.00.